The molecule has 1 fully saturated rings. The van der Waals surface area contributed by atoms with Crippen molar-refractivity contribution in [1.82, 2.24) is 10.2 Å². The van der Waals surface area contributed by atoms with Gasteiger partial charge in [0.25, 0.3) is 0 Å². The number of likely N-dealkylation sites (N-methyl/N-ethyl adjacent to an activating group) is 1. The summed E-state index contributed by atoms with van der Waals surface area (Å²) in [5.41, 5.74) is 1.45. The number of morpholine rings is 1. The highest BCUT2D eigenvalue weighted by Crippen LogP contribution is 2.05. The van der Waals surface area contributed by atoms with Crippen molar-refractivity contribution in [3.8, 4) is 0 Å². The maximum Gasteiger partial charge on any atom is 0.0826 e. The predicted octanol–water partition coefficient (Wildman–Crippen LogP) is 2.32. The summed E-state index contributed by atoms with van der Waals surface area (Å²) in [7, 11) is 0. The van der Waals surface area contributed by atoms with Crippen LogP contribution in [0.25, 0.3) is 0 Å². The molecule has 3 heteroatoms. The van der Waals surface area contributed by atoms with Crippen LogP contribution < -0.4 is 5.32 Å². The molecule has 1 aliphatic rings. The number of rotatable bonds is 8. The Hall–Kier alpha value is -0.900. The average molecular weight is 276 g/mol. The molecule has 0 aromatic heterocycles. The van der Waals surface area contributed by atoms with Gasteiger partial charge in [-0.3, -0.25) is 4.90 Å². The Labute approximate surface area is 123 Å². The third-order valence-corrected chi connectivity index (χ3v) is 3.95. The molecule has 1 saturated heterocycles. The number of hydrogen-bond donors (Lipinski definition) is 1. The molecule has 1 aromatic carbocycles. The molecule has 1 aliphatic heterocycles. The molecule has 3 nitrogen and oxygen atoms in total. The number of nitrogens with zero attached hydrogens (tertiary/aromatic N) is 1. The number of nitrogens with one attached hydrogen (secondary N) is 1. The van der Waals surface area contributed by atoms with Gasteiger partial charge >= 0.3 is 0 Å². The van der Waals surface area contributed by atoms with Crippen molar-refractivity contribution in [1.29, 1.82) is 0 Å². The first kappa shape index (κ1) is 15.5. The largest absolute Gasteiger partial charge is 0.374 e. The molecule has 0 radical (unpaired) electrons. The first-order valence-electron chi connectivity index (χ1n) is 7.97. The second-order valence-electron chi connectivity index (χ2n) is 5.53. The SMILES string of the molecule is CCN1CCOC(CNCCCCc2ccccc2)C1. The van der Waals surface area contributed by atoms with E-state index in [9.17, 15) is 0 Å². The Kier molecular flexibility index (Phi) is 7.06. The quantitative estimate of drug-likeness (QED) is 0.738. The van der Waals surface area contributed by atoms with Crippen molar-refractivity contribution in [2.24, 2.45) is 0 Å². The summed E-state index contributed by atoms with van der Waals surface area (Å²) in [5, 5.41) is 3.53. The fraction of sp³-hybridized carbons (Fsp3) is 0.647. The van der Waals surface area contributed by atoms with Gasteiger partial charge in [0.15, 0.2) is 0 Å². The second kappa shape index (κ2) is 9.11. The van der Waals surface area contributed by atoms with Crippen LogP contribution in [0.5, 0.6) is 0 Å². The van der Waals surface area contributed by atoms with Crippen molar-refractivity contribution in [3.63, 3.8) is 0 Å². The fourth-order valence-corrected chi connectivity index (χ4v) is 2.68. The van der Waals surface area contributed by atoms with Crippen LogP contribution in [0.2, 0.25) is 0 Å². The van der Waals surface area contributed by atoms with E-state index in [0.717, 1.165) is 39.3 Å². The lowest BCUT2D eigenvalue weighted by atomic mass is 10.1. The summed E-state index contributed by atoms with van der Waals surface area (Å²) < 4.78 is 5.78. The number of aryl methyl sites for hydroxylation is 1. The number of ether oxygens (including phenoxy) is 1. The number of hydrogen-bond acceptors (Lipinski definition) is 3. The van der Waals surface area contributed by atoms with Crippen LogP contribution in [0.15, 0.2) is 30.3 Å². The topological polar surface area (TPSA) is 24.5 Å². The summed E-state index contributed by atoms with van der Waals surface area (Å²) in [6.45, 7) is 8.49. The fourth-order valence-electron chi connectivity index (χ4n) is 2.68. The maximum atomic E-state index is 5.78. The molecule has 0 aliphatic carbocycles. The van der Waals surface area contributed by atoms with E-state index in [1.54, 1.807) is 0 Å². The van der Waals surface area contributed by atoms with E-state index in [4.69, 9.17) is 4.74 Å². The summed E-state index contributed by atoms with van der Waals surface area (Å²) in [6, 6.07) is 10.7. The third-order valence-electron chi connectivity index (χ3n) is 3.95. The molecule has 112 valence electrons. The van der Waals surface area contributed by atoms with E-state index in [2.05, 4.69) is 47.5 Å². The molecule has 0 bridgehead atoms. The predicted molar refractivity (Wildman–Crippen MR) is 84.1 cm³/mol. The molecule has 0 spiro atoms. The Morgan fingerprint density at radius 1 is 1.25 bits per heavy atom. The van der Waals surface area contributed by atoms with Gasteiger partial charge in [-0.2, -0.15) is 0 Å². The first-order valence-corrected chi connectivity index (χ1v) is 7.97. The Morgan fingerprint density at radius 3 is 2.90 bits per heavy atom. The van der Waals surface area contributed by atoms with Crippen LogP contribution >= 0.6 is 0 Å². The molecule has 1 atom stereocenters. The van der Waals surface area contributed by atoms with E-state index in [0.29, 0.717) is 6.10 Å². The zero-order valence-corrected chi connectivity index (χ0v) is 12.7. The lowest BCUT2D eigenvalue weighted by molar-refractivity contribution is -0.0251. The first-order chi connectivity index (χ1) is 9.88. The van der Waals surface area contributed by atoms with Crippen molar-refractivity contribution >= 4 is 0 Å². The number of unbranched alkanes of at least 4 members (excludes halogenated alkanes) is 1. The maximum absolute atomic E-state index is 5.78. The van der Waals surface area contributed by atoms with E-state index < -0.39 is 0 Å². The summed E-state index contributed by atoms with van der Waals surface area (Å²) in [6.07, 6.45) is 4.05. The van der Waals surface area contributed by atoms with Gasteiger partial charge in [-0.15, -0.1) is 0 Å². The van der Waals surface area contributed by atoms with Crippen molar-refractivity contribution < 1.29 is 4.74 Å². The van der Waals surface area contributed by atoms with E-state index in [1.165, 1.54) is 24.8 Å². The molecule has 0 saturated carbocycles. The van der Waals surface area contributed by atoms with Gasteiger partial charge in [0.2, 0.25) is 0 Å². The van der Waals surface area contributed by atoms with E-state index in [1.807, 2.05) is 0 Å². The minimum absolute atomic E-state index is 0.373. The van der Waals surface area contributed by atoms with Crippen LogP contribution in [-0.4, -0.2) is 50.3 Å². The van der Waals surface area contributed by atoms with E-state index in [-0.39, 0.29) is 0 Å². The second-order valence-corrected chi connectivity index (χ2v) is 5.53. The Bertz CT molecular complexity index is 355. The normalized spacial score (nSPS) is 20.1. The van der Waals surface area contributed by atoms with Crippen LogP contribution in [0, 0.1) is 0 Å². The van der Waals surface area contributed by atoms with Gasteiger partial charge in [0.05, 0.1) is 12.7 Å². The minimum Gasteiger partial charge on any atom is -0.374 e. The lowest BCUT2D eigenvalue weighted by Gasteiger charge is -2.32. The summed E-state index contributed by atoms with van der Waals surface area (Å²) >= 11 is 0. The van der Waals surface area contributed by atoms with Crippen LogP contribution in [0.4, 0.5) is 0 Å². The van der Waals surface area contributed by atoms with Gasteiger partial charge in [-0.05, 0) is 37.9 Å². The zero-order valence-electron chi connectivity index (χ0n) is 12.7. The van der Waals surface area contributed by atoms with Gasteiger partial charge < -0.3 is 10.1 Å². The summed E-state index contributed by atoms with van der Waals surface area (Å²) in [5.74, 6) is 0. The molecule has 1 unspecified atom stereocenters. The highest BCUT2D eigenvalue weighted by Gasteiger charge is 2.18. The molecular weight excluding hydrogens is 248 g/mol. The van der Waals surface area contributed by atoms with Crippen LogP contribution in [0.1, 0.15) is 25.3 Å². The van der Waals surface area contributed by atoms with Gasteiger partial charge in [0, 0.05) is 19.6 Å². The Balaban J connectivity index is 1.49. The van der Waals surface area contributed by atoms with Gasteiger partial charge in [0.1, 0.15) is 0 Å². The standard InChI is InChI=1S/C17H28N2O/c1-2-19-12-13-20-17(15-19)14-18-11-7-6-10-16-8-4-3-5-9-16/h3-5,8-9,17-18H,2,6-7,10-15H2,1H3. The van der Waals surface area contributed by atoms with Crippen molar-refractivity contribution in [2.75, 3.05) is 39.3 Å². The van der Waals surface area contributed by atoms with Crippen LogP contribution in [0.3, 0.4) is 0 Å². The van der Waals surface area contributed by atoms with Crippen molar-refractivity contribution in [2.45, 2.75) is 32.3 Å². The molecule has 20 heavy (non-hydrogen) atoms. The molecule has 2 rings (SSSR count). The molecule has 1 aromatic rings. The zero-order chi connectivity index (χ0) is 14.0. The molecule has 0 amide bonds. The highest BCUT2D eigenvalue weighted by molar-refractivity contribution is 5.14. The molecular formula is C17H28N2O. The average Bonchev–Trinajstić information content (AvgIpc) is 2.52. The summed E-state index contributed by atoms with van der Waals surface area (Å²) in [4.78, 5) is 2.46. The van der Waals surface area contributed by atoms with Crippen LogP contribution in [-0.2, 0) is 11.2 Å². The smallest absolute Gasteiger partial charge is 0.0826 e. The Morgan fingerprint density at radius 2 is 2.10 bits per heavy atom. The van der Waals surface area contributed by atoms with Gasteiger partial charge in [-0.1, -0.05) is 37.3 Å². The van der Waals surface area contributed by atoms with Gasteiger partial charge in [-0.25, -0.2) is 0 Å². The molecule has 1 N–H and O–H groups in total. The highest BCUT2D eigenvalue weighted by atomic mass is 16.5. The molecule has 1 heterocycles. The van der Waals surface area contributed by atoms with E-state index >= 15 is 0 Å². The minimum atomic E-state index is 0.373. The number of benzene rings is 1. The van der Waals surface area contributed by atoms with Crippen molar-refractivity contribution in [3.05, 3.63) is 35.9 Å². The lowest BCUT2D eigenvalue weighted by Crippen LogP contribution is -2.46. The monoisotopic (exact) mass is 276 g/mol. The third kappa shape index (κ3) is 5.61.